The third-order valence-corrected chi connectivity index (χ3v) is 9.87. The van der Waals surface area contributed by atoms with E-state index in [9.17, 15) is 15.0 Å². The van der Waals surface area contributed by atoms with Crippen LogP contribution < -0.4 is 5.32 Å². The van der Waals surface area contributed by atoms with Gasteiger partial charge >= 0.3 is 0 Å². The smallest absolute Gasteiger partial charge is 0.220 e. The molecular formula is C41H83NO3. The molecule has 45 heavy (non-hydrogen) atoms. The molecule has 0 heterocycles. The van der Waals surface area contributed by atoms with Gasteiger partial charge in [0, 0.05) is 6.42 Å². The van der Waals surface area contributed by atoms with Gasteiger partial charge in [0.15, 0.2) is 0 Å². The summed E-state index contributed by atoms with van der Waals surface area (Å²) >= 11 is 0. The van der Waals surface area contributed by atoms with E-state index in [0.717, 1.165) is 25.7 Å². The van der Waals surface area contributed by atoms with E-state index in [2.05, 4.69) is 19.2 Å². The second kappa shape index (κ2) is 37.8. The van der Waals surface area contributed by atoms with E-state index in [-0.39, 0.29) is 12.5 Å². The topological polar surface area (TPSA) is 69.6 Å². The van der Waals surface area contributed by atoms with E-state index in [1.165, 1.54) is 186 Å². The van der Waals surface area contributed by atoms with Gasteiger partial charge in [0.1, 0.15) is 0 Å². The maximum absolute atomic E-state index is 12.4. The summed E-state index contributed by atoms with van der Waals surface area (Å²) in [6.45, 7) is 4.37. The van der Waals surface area contributed by atoms with E-state index in [0.29, 0.717) is 12.8 Å². The van der Waals surface area contributed by atoms with Crippen LogP contribution in [0.1, 0.15) is 239 Å². The minimum atomic E-state index is -0.651. The minimum absolute atomic E-state index is 0.0272. The Bertz CT molecular complexity index is 569. The molecule has 0 aromatic heterocycles. The number of carbonyl (C=O) groups excluding carboxylic acids is 1. The molecule has 3 N–H and O–H groups in total. The van der Waals surface area contributed by atoms with Crippen LogP contribution in [0.5, 0.6) is 0 Å². The molecular weight excluding hydrogens is 554 g/mol. The van der Waals surface area contributed by atoms with Gasteiger partial charge in [-0.1, -0.05) is 219 Å². The van der Waals surface area contributed by atoms with E-state index in [4.69, 9.17) is 0 Å². The minimum Gasteiger partial charge on any atom is -0.394 e. The van der Waals surface area contributed by atoms with Crippen molar-refractivity contribution >= 4 is 5.91 Å². The number of aliphatic hydroxyl groups is 2. The lowest BCUT2D eigenvalue weighted by Crippen LogP contribution is -2.45. The first kappa shape index (κ1) is 44.4. The van der Waals surface area contributed by atoms with Crippen molar-refractivity contribution in [3.05, 3.63) is 0 Å². The van der Waals surface area contributed by atoms with Gasteiger partial charge in [0.05, 0.1) is 18.8 Å². The number of unbranched alkanes of at least 4 members (excludes halogenated alkanes) is 31. The predicted octanol–water partition coefficient (Wildman–Crippen LogP) is 12.5. The highest BCUT2D eigenvalue weighted by Gasteiger charge is 2.20. The van der Waals surface area contributed by atoms with Gasteiger partial charge in [0.2, 0.25) is 5.91 Å². The summed E-state index contributed by atoms with van der Waals surface area (Å²) in [5, 5.41) is 23.1. The summed E-state index contributed by atoms with van der Waals surface area (Å²) in [5.41, 5.74) is 0. The molecule has 4 nitrogen and oxygen atoms in total. The van der Waals surface area contributed by atoms with Crippen molar-refractivity contribution in [2.75, 3.05) is 6.61 Å². The molecule has 270 valence electrons. The highest BCUT2D eigenvalue weighted by Crippen LogP contribution is 2.16. The van der Waals surface area contributed by atoms with Crippen molar-refractivity contribution in [1.29, 1.82) is 0 Å². The van der Waals surface area contributed by atoms with Crippen molar-refractivity contribution < 1.29 is 15.0 Å². The van der Waals surface area contributed by atoms with Gasteiger partial charge in [0.25, 0.3) is 0 Å². The lowest BCUT2D eigenvalue weighted by atomic mass is 10.0. The molecule has 0 bridgehead atoms. The standard InChI is InChI=1S/C41H83NO3/c1-3-5-7-9-11-13-15-17-18-19-20-21-22-23-24-25-27-29-31-33-35-37-41(45)42-39(38-43)40(44)36-34-32-30-28-26-16-14-12-10-8-6-4-2/h39-40,43-44H,3-38H2,1-2H3,(H,42,45). The van der Waals surface area contributed by atoms with Crippen LogP contribution in [0.3, 0.4) is 0 Å². The van der Waals surface area contributed by atoms with Crippen LogP contribution in [0.2, 0.25) is 0 Å². The molecule has 0 saturated heterocycles. The van der Waals surface area contributed by atoms with Crippen LogP contribution in [0.4, 0.5) is 0 Å². The lowest BCUT2D eigenvalue weighted by molar-refractivity contribution is -0.123. The third kappa shape index (κ3) is 34.5. The summed E-state index contributed by atoms with van der Waals surface area (Å²) in [4.78, 5) is 12.4. The van der Waals surface area contributed by atoms with Crippen LogP contribution in [0, 0.1) is 0 Å². The van der Waals surface area contributed by atoms with Crippen LogP contribution in [0.25, 0.3) is 0 Å². The SMILES string of the molecule is CCCCCCCCCCCCCCCCCCCCCCCC(=O)NC(CO)C(O)CCCCCCCCCCCCCC. The zero-order valence-electron chi connectivity index (χ0n) is 30.9. The lowest BCUT2D eigenvalue weighted by Gasteiger charge is -2.22. The van der Waals surface area contributed by atoms with Gasteiger partial charge in [-0.25, -0.2) is 0 Å². The summed E-state index contributed by atoms with van der Waals surface area (Å²) < 4.78 is 0. The number of hydrogen-bond acceptors (Lipinski definition) is 3. The Balaban J connectivity index is 3.45. The van der Waals surface area contributed by atoms with Gasteiger partial charge < -0.3 is 15.5 Å². The normalized spacial score (nSPS) is 12.9. The molecule has 0 fully saturated rings. The summed E-state index contributed by atoms with van der Waals surface area (Å²) in [7, 11) is 0. The molecule has 0 spiro atoms. The van der Waals surface area contributed by atoms with Gasteiger partial charge in [-0.3, -0.25) is 4.79 Å². The Morgan fingerprint density at radius 2 is 0.711 bits per heavy atom. The first-order valence-corrected chi connectivity index (χ1v) is 20.7. The fraction of sp³-hybridized carbons (Fsp3) is 0.976. The fourth-order valence-corrected chi connectivity index (χ4v) is 6.66. The molecule has 0 rings (SSSR count). The molecule has 4 heteroatoms. The number of nitrogens with one attached hydrogen (secondary N) is 1. The summed E-state index contributed by atoms with van der Waals surface area (Å²) in [5.74, 6) is -0.0272. The van der Waals surface area contributed by atoms with Gasteiger partial charge in [-0.2, -0.15) is 0 Å². The predicted molar refractivity (Wildman–Crippen MR) is 198 cm³/mol. The van der Waals surface area contributed by atoms with Crippen molar-refractivity contribution in [3.8, 4) is 0 Å². The first-order chi connectivity index (χ1) is 22.2. The average Bonchev–Trinajstić information content (AvgIpc) is 3.04. The Morgan fingerprint density at radius 1 is 0.444 bits per heavy atom. The highest BCUT2D eigenvalue weighted by molar-refractivity contribution is 5.76. The molecule has 0 aliphatic heterocycles. The molecule has 2 unspecified atom stereocenters. The van der Waals surface area contributed by atoms with Crippen LogP contribution in [-0.4, -0.2) is 34.9 Å². The highest BCUT2D eigenvalue weighted by atomic mass is 16.3. The number of rotatable bonds is 38. The van der Waals surface area contributed by atoms with Crippen molar-refractivity contribution in [1.82, 2.24) is 5.32 Å². The van der Waals surface area contributed by atoms with E-state index in [1.54, 1.807) is 0 Å². The molecule has 0 aromatic carbocycles. The van der Waals surface area contributed by atoms with Crippen molar-refractivity contribution in [3.63, 3.8) is 0 Å². The molecule has 2 atom stereocenters. The van der Waals surface area contributed by atoms with Crippen molar-refractivity contribution in [2.24, 2.45) is 0 Å². The van der Waals surface area contributed by atoms with Crippen LogP contribution in [-0.2, 0) is 4.79 Å². The quantitative estimate of drug-likeness (QED) is 0.0590. The van der Waals surface area contributed by atoms with Crippen molar-refractivity contribution in [2.45, 2.75) is 251 Å². The third-order valence-electron chi connectivity index (χ3n) is 9.87. The Labute approximate surface area is 283 Å². The van der Waals surface area contributed by atoms with Gasteiger partial charge in [-0.15, -0.1) is 0 Å². The van der Waals surface area contributed by atoms with E-state index < -0.39 is 12.1 Å². The van der Waals surface area contributed by atoms with E-state index in [1.807, 2.05) is 0 Å². The molecule has 0 radical (unpaired) electrons. The number of amides is 1. The Hall–Kier alpha value is -0.610. The van der Waals surface area contributed by atoms with Gasteiger partial charge in [-0.05, 0) is 12.8 Å². The number of hydrogen-bond donors (Lipinski definition) is 3. The summed E-state index contributed by atoms with van der Waals surface area (Å²) in [6.07, 6.45) is 44.6. The average molecular weight is 638 g/mol. The monoisotopic (exact) mass is 638 g/mol. The molecule has 0 aliphatic carbocycles. The molecule has 0 saturated carbocycles. The second-order valence-corrected chi connectivity index (χ2v) is 14.4. The second-order valence-electron chi connectivity index (χ2n) is 14.4. The molecule has 1 amide bonds. The van der Waals surface area contributed by atoms with Crippen LogP contribution in [0.15, 0.2) is 0 Å². The Kier molecular flexibility index (Phi) is 37.3. The maximum atomic E-state index is 12.4. The zero-order chi connectivity index (χ0) is 32.9. The summed E-state index contributed by atoms with van der Waals surface area (Å²) in [6, 6.07) is -0.528. The maximum Gasteiger partial charge on any atom is 0.220 e. The fourth-order valence-electron chi connectivity index (χ4n) is 6.66. The molecule has 0 aromatic rings. The Morgan fingerprint density at radius 3 is 1.00 bits per heavy atom. The molecule has 0 aliphatic rings. The zero-order valence-corrected chi connectivity index (χ0v) is 30.9. The van der Waals surface area contributed by atoms with E-state index >= 15 is 0 Å². The first-order valence-electron chi connectivity index (χ1n) is 20.7. The van der Waals surface area contributed by atoms with Crippen LogP contribution >= 0.6 is 0 Å². The largest absolute Gasteiger partial charge is 0.394 e. The number of aliphatic hydroxyl groups excluding tert-OH is 2. The number of carbonyl (C=O) groups is 1.